The van der Waals surface area contributed by atoms with E-state index < -0.39 is 0 Å². The SMILES string of the molecule is CCc1c(N)ccc(C=C2CCC(=Cc3ccc(N)c(CC)c3CC)C2=O)c1CC. The third-order valence-electron chi connectivity index (χ3n) is 6.33. The molecule has 1 aliphatic rings. The Bertz CT molecular complexity index is 946. The van der Waals surface area contributed by atoms with Gasteiger partial charge in [0.2, 0.25) is 0 Å². The maximum Gasteiger partial charge on any atom is 0.185 e. The zero-order chi connectivity index (χ0) is 21.8. The molecule has 0 aliphatic heterocycles. The average molecular weight is 403 g/mol. The van der Waals surface area contributed by atoms with Crippen LogP contribution in [0.1, 0.15) is 73.9 Å². The maximum atomic E-state index is 13.2. The number of hydrogen-bond donors (Lipinski definition) is 2. The van der Waals surface area contributed by atoms with Gasteiger partial charge < -0.3 is 11.5 Å². The molecule has 0 atom stereocenters. The maximum absolute atomic E-state index is 13.2. The number of benzene rings is 2. The van der Waals surface area contributed by atoms with E-state index in [-0.39, 0.29) is 5.78 Å². The molecule has 3 nitrogen and oxygen atoms in total. The van der Waals surface area contributed by atoms with E-state index in [2.05, 4.69) is 52.0 Å². The monoisotopic (exact) mass is 402 g/mol. The largest absolute Gasteiger partial charge is 0.398 e. The topological polar surface area (TPSA) is 69.1 Å². The van der Waals surface area contributed by atoms with Gasteiger partial charge in [-0.15, -0.1) is 0 Å². The van der Waals surface area contributed by atoms with Crippen LogP contribution in [0.5, 0.6) is 0 Å². The quantitative estimate of drug-likeness (QED) is 0.465. The summed E-state index contributed by atoms with van der Waals surface area (Å²) in [6.07, 6.45) is 9.38. The summed E-state index contributed by atoms with van der Waals surface area (Å²) in [4.78, 5) is 13.2. The van der Waals surface area contributed by atoms with Crippen LogP contribution in [-0.2, 0) is 30.5 Å². The molecule has 0 aromatic heterocycles. The number of anilines is 2. The molecule has 1 saturated carbocycles. The fourth-order valence-electron chi connectivity index (χ4n) is 4.75. The normalized spacial score (nSPS) is 16.7. The average Bonchev–Trinajstić information content (AvgIpc) is 3.08. The molecular formula is C27H34N2O. The van der Waals surface area contributed by atoms with Crippen molar-refractivity contribution < 1.29 is 4.79 Å². The van der Waals surface area contributed by atoms with E-state index in [4.69, 9.17) is 11.5 Å². The molecule has 4 N–H and O–H groups in total. The van der Waals surface area contributed by atoms with Gasteiger partial charge in [-0.3, -0.25) is 4.79 Å². The van der Waals surface area contributed by atoms with Crippen LogP contribution >= 0.6 is 0 Å². The molecule has 158 valence electrons. The first kappa shape index (κ1) is 21.9. The van der Waals surface area contributed by atoms with Crippen molar-refractivity contribution in [1.82, 2.24) is 0 Å². The second-order valence-corrected chi connectivity index (χ2v) is 7.98. The number of rotatable bonds is 6. The highest BCUT2D eigenvalue weighted by Gasteiger charge is 2.24. The minimum absolute atomic E-state index is 0.170. The smallest absolute Gasteiger partial charge is 0.185 e. The summed E-state index contributed by atoms with van der Waals surface area (Å²) in [7, 11) is 0. The molecule has 3 rings (SSSR count). The van der Waals surface area contributed by atoms with E-state index in [1.807, 2.05) is 12.1 Å². The number of nitrogens with two attached hydrogens (primary N) is 2. The molecule has 0 unspecified atom stereocenters. The van der Waals surface area contributed by atoms with Gasteiger partial charge in [-0.25, -0.2) is 0 Å². The molecule has 30 heavy (non-hydrogen) atoms. The van der Waals surface area contributed by atoms with Crippen molar-refractivity contribution in [3.05, 3.63) is 68.8 Å². The molecule has 2 aromatic rings. The van der Waals surface area contributed by atoms with Crippen molar-refractivity contribution in [2.75, 3.05) is 11.5 Å². The Hall–Kier alpha value is -2.81. The second kappa shape index (κ2) is 9.34. The molecule has 0 radical (unpaired) electrons. The first-order valence-electron chi connectivity index (χ1n) is 11.2. The number of hydrogen-bond acceptors (Lipinski definition) is 3. The van der Waals surface area contributed by atoms with Crippen molar-refractivity contribution in [1.29, 1.82) is 0 Å². The van der Waals surface area contributed by atoms with E-state index in [1.54, 1.807) is 0 Å². The standard InChI is InChI=1S/C27H34N2O/c1-5-21-17(11-13-25(28)23(21)7-3)15-19-9-10-20(27(19)30)16-18-12-14-26(29)24(8-4)22(18)6-2/h11-16H,5-10,28-29H2,1-4H3. The van der Waals surface area contributed by atoms with E-state index in [0.29, 0.717) is 0 Å². The van der Waals surface area contributed by atoms with Crippen LogP contribution in [0.4, 0.5) is 11.4 Å². The Morgan fingerprint density at radius 1 is 0.667 bits per heavy atom. The molecule has 1 aliphatic carbocycles. The fourth-order valence-corrected chi connectivity index (χ4v) is 4.75. The van der Waals surface area contributed by atoms with Gasteiger partial charge in [0.05, 0.1) is 0 Å². The third-order valence-corrected chi connectivity index (χ3v) is 6.33. The van der Waals surface area contributed by atoms with Crippen LogP contribution < -0.4 is 11.5 Å². The lowest BCUT2D eigenvalue weighted by Crippen LogP contribution is -2.03. The predicted octanol–water partition coefficient (Wildman–Crippen LogP) is 5.93. The van der Waals surface area contributed by atoms with Gasteiger partial charge in [-0.05, 0) is 96.2 Å². The van der Waals surface area contributed by atoms with E-state index >= 15 is 0 Å². The molecule has 0 bridgehead atoms. The Morgan fingerprint density at radius 2 is 1.03 bits per heavy atom. The molecule has 3 heteroatoms. The summed E-state index contributed by atoms with van der Waals surface area (Å²) in [5.74, 6) is 0.170. The van der Waals surface area contributed by atoms with Gasteiger partial charge >= 0.3 is 0 Å². The van der Waals surface area contributed by atoms with Crippen molar-refractivity contribution in [2.45, 2.75) is 66.2 Å². The fraction of sp³-hybridized carbons (Fsp3) is 0.370. The van der Waals surface area contributed by atoms with Crippen LogP contribution in [-0.4, -0.2) is 5.78 Å². The summed E-state index contributed by atoms with van der Waals surface area (Å²) >= 11 is 0. The molecule has 2 aromatic carbocycles. The molecule has 0 saturated heterocycles. The zero-order valence-corrected chi connectivity index (χ0v) is 18.8. The van der Waals surface area contributed by atoms with E-state index in [1.165, 1.54) is 22.3 Å². The zero-order valence-electron chi connectivity index (χ0n) is 18.8. The predicted molar refractivity (Wildman–Crippen MR) is 129 cm³/mol. The number of nitrogen functional groups attached to an aromatic ring is 2. The van der Waals surface area contributed by atoms with Crippen LogP contribution in [0, 0.1) is 0 Å². The van der Waals surface area contributed by atoms with Crippen molar-refractivity contribution in [3.8, 4) is 0 Å². The number of carbonyl (C=O) groups excluding carboxylic acids is 1. The van der Waals surface area contributed by atoms with Crippen LogP contribution in [0.3, 0.4) is 0 Å². The number of carbonyl (C=O) groups is 1. The summed E-state index contributed by atoms with van der Waals surface area (Å²) in [6.45, 7) is 8.56. The Kier molecular flexibility index (Phi) is 6.81. The summed E-state index contributed by atoms with van der Waals surface area (Å²) in [5, 5.41) is 0. The van der Waals surface area contributed by atoms with E-state index in [0.717, 1.165) is 72.2 Å². The summed E-state index contributed by atoms with van der Waals surface area (Å²) in [6, 6.07) is 8.04. The number of allylic oxidation sites excluding steroid dienone is 2. The van der Waals surface area contributed by atoms with Gasteiger partial charge in [0, 0.05) is 22.5 Å². The van der Waals surface area contributed by atoms with Gasteiger partial charge in [0.25, 0.3) is 0 Å². The summed E-state index contributed by atoms with van der Waals surface area (Å²) in [5.41, 5.74) is 23.0. The molecule has 0 heterocycles. The van der Waals surface area contributed by atoms with Crippen LogP contribution in [0.15, 0.2) is 35.4 Å². The lowest BCUT2D eigenvalue weighted by molar-refractivity contribution is -0.111. The van der Waals surface area contributed by atoms with Gasteiger partial charge in [0.1, 0.15) is 0 Å². The Morgan fingerprint density at radius 3 is 1.37 bits per heavy atom. The highest BCUT2D eigenvalue weighted by atomic mass is 16.1. The number of ketones is 1. The second-order valence-electron chi connectivity index (χ2n) is 7.98. The third kappa shape index (κ3) is 4.07. The van der Waals surface area contributed by atoms with Crippen molar-refractivity contribution in [2.24, 2.45) is 0 Å². The molecule has 0 amide bonds. The van der Waals surface area contributed by atoms with Gasteiger partial charge in [-0.2, -0.15) is 0 Å². The highest BCUT2D eigenvalue weighted by Crippen LogP contribution is 2.33. The minimum atomic E-state index is 0.170. The van der Waals surface area contributed by atoms with Crippen LogP contribution in [0.25, 0.3) is 12.2 Å². The Labute approximate surface area is 180 Å². The minimum Gasteiger partial charge on any atom is -0.398 e. The Balaban J connectivity index is 1.98. The first-order valence-corrected chi connectivity index (χ1v) is 11.2. The lowest BCUT2D eigenvalue weighted by Gasteiger charge is -2.13. The molecular weight excluding hydrogens is 368 g/mol. The van der Waals surface area contributed by atoms with Crippen molar-refractivity contribution in [3.63, 3.8) is 0 Å². The molecule has 1 fully saturated rings. The highest BCUT2D eigenvalue weighted by molar-refractivity contribution is 6.15. The first-order chi connectivity index (χ1) is 14.4. The summed E-state index contributed by atoms with van der Waals surface area (Å²) < 4.78 is 0. The van der Waals surface area contributed by atoms with Crippen molar-refractivity contribution >= 4 is 29.3 Å². The number of Topliss-reactive ketones (excluding diaryl/α,β-unsaturated/α-hetero) is 1. The van der Waals surface area contributed by atoms with Gasteiger partial charge in [-0.1, -0.05) is 39.8 Å². The van der Waals surface area contributed by atoms with E-state index in [9.17, 15) is 4.79 Å². The van der Waals surface area contributed by atoms with Crippen LogP contribution in [0.2, 0.25) is 0 Å². The molecule has 0 spiro atoms. The van der Waals surface area contributed by atoms with Gasteiger partial charge in [0.15, 0.2) is 5.78 Å². The lowest BCUT2D eigenvalue weighted by atomic mass is 9.93.